The Morgan fingerprint density at radius 2 is 1.86 bits per heavy atom. The van der Waals surface area contributed by atoms with Crippen LogP contribution < -0.4 is 4.90 Å². The molecule has 1 aliphatic heterocycles. The van der Waals surface area contributed by atoms with Crippen LogP contribution in [0.5, 0.6) is 0 Å². The van der Waals surface area contributed by atoms with Gasteiger partial charge in [0.05, 0.1) is 23.6 Å². The van der Waals surface area contributed by atoms with E-state index in [0.29, 0.717) is 17.9 Å². The number of hydrogen-bond donors (Lipinski definition) is 0. The van der Waals surface area contributed by atoms with E-state index in [2.05, 4.69) is 17.0 Å². The topological polar surface area (TPSA) is 71.3 Å². The Labute approximate surface area is 163 Å². The van der Waals surface area contributed by atoms with Gasteiger partial charge in [0, 0.05) is 6.04 Å². The molecule has 7 nitrogen and oxygen atoms in total. The van der Waals surface area contributed by atoms with Crippen LogP contribution in [0, 0.1) is 6.92 Å². The van der Waals surface area contributed by atoms with Gasteiger partial charge in [-0.15, -0.1) is 0 Å². The summed E-state index contributed by atoms with van der Waals surface area (Å²) in [6.45, 7) is 4.33. The second-order valence-corrected chi connectivity index (χ2v) is 7.09. The van der Waals surface area contributed by atoms with Gasteiger partial charge >= 0.3 is 5.91 Å². The molecule has 1 atom stereocenters. The Kier molecular flexibility index (Phi) is 4.52. The van der Waals surface area contributed by atoms with Crippen molar-refractivity contribution in [3.8, 4) is 5.69 Å². The van der Waals surface area contributed by atoms with Crippen LogP contribution in [0.4, 0.5) is 5.69 Å². The lowest BCUT2D eigenvalue weighted by Crippen LogP contribution is -2.40. The summed E-state index contributed by atoms with van der Waals surface area (Å²) in [5, 5.41) is 4.13. The van der Waals surface area contributed by atoms with Crippen molar-refractivity contribution < 1.29 is 9.59 Å². The summed E-state index contributed by atoms with van der Waals surface area (Å²) in [5.74, 6) is -0.905. The average molecular weight is 375 g/mol. The van der Waals surface area contributed by atoms with Crippen LogP contribution in [0.2, 0.25) is 0 Å². The third-order valence-electron chi connectivity index (χ3n) is 5.21. The zero-order chi connectivity index (χ0) is 19.8. The van der Waals surface area contributed by atoms with Crippen molar-refractivity contribution >= 4 is 17.4 Å². The van der Waals surface area contributed by atoms with Crippen molar-refractivity contribution in [3.05, 3.63) is 71.8 Å². The summed E-state index contributed by atoms with van der Waals surface area (Å²) >= 11 is 0. The minimum absolute atomic E-state index is 0.0576. The molecule has 1 amide bonds. The Balaban J connectivity index is 1.51. The fourth-order valence-electron chi connectivity index (χ4n) is 3.40. The molecule has 1 aromatic heterocycles. The average Bonchev–Trinajstić information content (AvgIpc) is 3.32. The first-order valence-corrected chi connectivity index (χ1v) is 9.08. The smallest absolute Gasteiger partial charge is 0.291 e. The number of nitrogens with zero attached hydrogens (tertiary/aromatic N) is 5. The molecule has 0 radical (unpaired) electrons. The number of benzene rings is 2. The zero-order valence-corrected chi connectivity index (χ0v) is 16.0. The summed E-state index contributed by atoms with van der Waals surface area (Å²) in [6.07, 6.45) is 3.15. The molecule has 28 heavy (non-hydrogen) atoms. The normalized spacial score (nSPS) is 14.6. The van der Waals surface area contributed by atoms with E-state index >= 15 is 0 Å². The molecule has 2 heterocycles. The molecule has 7 heteroatoms. The highest BCUT2D eigenvalue weighted by atomic mass is 16.2. The molecule has 0 bridgehead atoms. The van der Waals surface area contributed by atoms with Crippen molar-refractivity contribution in [2.45, 2.75) is 19.9 Å². The van der Waals surface area contributed by atoms with Gasteiger partial charge in [-0.1, -0.05) is 23.8 Å². The number of anilines is 1. The Morgan fingerprint density at radius 1 is 1.11 bits per heavy atom. The van der Waals surface area contributed by atoms with E-state index in [1.54, 1.807) is 22.0 Å². The van der Waals surface area contributed by atoms with Crippen LogP contribution in [0.15, 0.2) is 55.1 Å². The van der Waals surface area contributed by atoms with Gasteiger partial charge < -0.3 is 0 Å². The van der Waals surface area contributed by atoms with Gasteiger partial charge in [0.1, 0.15) is 12.7 Å². The minimum Gasteiger partial charge on any atom is -0.291 e. The molecular formula is C21H21N5O2. The summed E-state index contributed by atoms with van der Waals surface area (Å²) in [7, 11) is 1.94. The van der Waals surface area contributed by atoms with Crippen molar-refractivity contribution in [3.63, 3.8) is 0 Å². The van der Waals surface area contributed by atoms with E-state index in [4.69, 9.17) is 0 Å². The number of aromatic nitrogens is 3. The SMILES string of the molecule is Cc1ccc2c(c1)C(=O)C(=O)N2CN(C)[C@@H](C)c1ccc(-n2cncn2)cc1. The highest BCUT2D eigenvalue weighted by molar-refractivity contribution is 6.52. The second-order valence-electron chi connectivity index (χ2n) is 7.09. The third-order valence-corrected chi connectivity index (χ3v) is 5.21. The van der Waals surface area contributed by atoms with Gasteiger partial charge in [-0.2, -0.15) is 5.10 Å². The molecule has 4 rings (SSSR count). The minimum atomic E-state index is -0.471. The Bertz CT molecular complexity index is 1030. The molecule has 2 aromatic carbocycles. The number of amides is 1. The van der Waals surface area contributed by atoms with Gasteiger partial charge in [-0.05, 0) is 50.7 Å². The Hall–Kier alpha value is -3.32. The molecule has 0 saturated carbocycles. The maximum Gasteiger partial charge on any atom is 0.300 e. The Morgan fingerprint density at radius 3 is 2.54 bits per heavy atom. The van der Waals surface area contributed by atoms with Gasteiger partial charge in [0.2, 0.25) is 0 Å². The molecule has 0 spiro atoms. The molecule has 142 valence electrons. The van der Waals surface area contributed by atoms with E-state index in [0.717, 1.165) is 16.8 Å². The van der Waals surface area contributed by atoms with Crippen LogP contribution in [0.25, 0.3) is 5.69 Å². The van der Waals surface area contributed by atoms with E-state index in [9.17, 15) is 9.59 Å². The van der Waals surface area contributed by atoms with Crippen molar-refractivity contribution in [1.29, 1.82) is 0 Å². The number of aryl methyl sites for hydroxylation is 1. The van der Waals surface area contributed by atoms with Crippen LogP contribution in [0.1, 0.15) is 34.5 Å². The predicted molar refractivity (Wildman–Crippen MR) is 105 cm³/mol. The van der Waals surface area contributed by atoms with Crippen LogP contribution in [-0.2, 0) is 4.79 Å². The third kappa shape index (κ3) is 3.10. The van der Waals surface area contributed by atoms with E-state index in [1.165, 1.54) is 6.33 Å². The van der Waals surface area contributed by atoms with Crippen LogP contribution in [0.3, 0.4) is 0 Å². The van der Waals surface area contributed by atoms with E-state index in [-0.39, 0.29) is 6.04 Å². The molecule has 3 aromatic rings. The van der Waals surface area contributed by atoms with Gasteiger partial charge in [0.25, 0.3) is 5.78 Å². The second kappa shape index (κ2) is 7.01. The first kappa shape index (κ1) is 18.1. The lowest BCUT2D eigenvalue weighted by atomic mass is 10.1. The summed E-state index contributed by atoms with van der Waals surface area (Å²) in [5.41, 5.74) is 4.18. The van der Waals surface area contributed by atoms with E-state index < -0.39 is 11.7 Å². The van der Waals surface area contributed by atoms with Crippen molar-refractivity contribution in [1.82, 2.24) is 19.7 Å². The van der Waals surface area contributed by atoms with Crippen LogP contribution >= 0.6 is 0 Å². The number of Topliss-reactive ketones (excluding diaryl/α,β-unsaturated/α-hetero) is 1. The number of fused-ring (bicyclic) bond motifs is 1. The highest BCUT2D eigenvalue weighted by Crippen LogP contribution is 2.31. The number of hydrogen-bond acceptors (Lipinski definition) is 5. The summed E-state index contributed by atoms with van der Waals surface area (Å²) in [4.78, 5) is 32.3. The quantitative estimate of drug-likeness (QED) is 0.641. The zero-order valence-electron chi connectivity index (χ0n) is 16.0. The standard InChI is InChI=1S/C21H21N5O2/c1-14-4-9-19-18(10-14)20(27)21(28)25(19)13-24(3)15(2)16-5-7-17(8-6-16)26-12-22-11-23-26/h4-12,15H,13H2,1-3H3/t15-/m0/s1. The lowest BCUT2D eigenvalue weighted by Gasteiger charge is -2.29. The predicted octanol–water partition coefficient (Wildman–Crippen LogP) is 2.76. The van der Waals surface area contributed by atoms with Gasteiger partial charge in [0.15, 0.2) is 0 Å². The van der Waals surface area contributed by atoms with Gasteiger partial charge in [-0.25, -0.2) is 9.67 Å². The monoisotopic (exact) mass is 375 g/mol. The summed E-state index contributed by atoms with van der Waals surface area (Å²) in [6, 6.07) is 13.6. The fourth-order valence-corrected chi connectivity index (χ4v) is 3.40. The maximum atomic E-state index is 12.5. The summed E-state index contributed by atoms with van der Waals surface area (Å²) < 4.78 is 1.70. The van der Waals surface area contributed by atoms with Gasteiger partial charge in [-0.3, -0.25) is 19.4 Å². The molecule has 0 N–H and O–H groups in total. The first-order valence-electron chi connectivity index (χ1n) is 9.08. The number of carbonyl (C=O) groups is 2. The molecular weight excluding hydrogens is 354 g/mol. The van der Waals surface area contributed by atoms with E-state index in [1.807, 2.05) is 55.3 Å². The fraction of sp³-hybridized carbons (Fsp3) is 0.238. The molecule has 0 aliphatic carbocycles. The molecule has 0 unspecified atom stereocenters. The highest BCUT2D eigenvalue weighted by Gasteiger charge is 2.36. The number of ketones is 1. The molecule has 0 fully saturated rings. The van der Waals surface area contributed by atoms with Crippen LogP contribution in [-0.4, -0.2) is 45.1 Å². The van der Waals surface area contributed by atoms with Crippen molar-refractivity contribution in [2.24, 2.45) is 0 Å². The lowest BCUT2D eigenvalue weighted by molar-refractivity contribution is -0.114. The first-order chi connectivity index (χ1) is 13.5. The largest absolute Gasteiger partial charge is 0.300 e. The molecule has 1 aliphatic rings. The maximum absolute atomic E-state index is 12.5. The van der Waals surface area contributed by atoms with Crippen molar-refractivity contribution in [2.75, 3.05) is 18.6 Å². The molecule has 0 saturated heterocycles. The number of carbonyl (C=O) groups excluding carboxylic acids is 2. The number of rotatable bonds is 5.